The Labute approximate surface area is 274 Å². The Bertz CT molecular complexity index is 1590. The number of fused-ring (bicyclic) bond motifs is 4. The second-order valence-corrected chi connectivity index (χ2v) is 12.2. The number of nitrogens with zero attached hydrogens (tertiary/aromatic N) is 2. The molecule has 4 aliphatic rings. The van der Waals surface area contributed by atoms with Gasteiger partial charge in [0, 0.05) is 44.7 Å². The number of nitrogens with one attached hydrogen (secondary N) is 2. The summed E-state index contributed by atoms with van der Waals surface area (Å²) in [5.41, 5.74) is 4.13. The van der Waals surface area contributed by atoms with Gasteiger partial charge in [-0.25, -0.2) is 0 Å². The number of anilines is 2. The van der Waals surface area contributed by atoms with Crippen molar-refractivity contribution in [2.24, 2.45) is 0 Å². The lowest BCUT2D eigenvalue weighted by Crippen LogP contribution is -2.44. The van der Waals surface area contributed by atoms with Crippen molar-refractivity contribution in [3.8, 4) is 23.0 Å². The molecule has 0 radical (unpaired) electrons. The summed E-state index contributed by atoms with van der Waals surface area (Å²) < 4.78 is 29.4. The molecule has 2 fully saturated rings. The van der Waals surface area contributed by atoms with Crippen LogP contribution in [-0.4, -0.2) is 99.4 Å². The Morgan fingerprint density at radius 3 is 1.87 bits per heavy atom. The van der Waals surface area contributed by atoms with Gasteiger partial charge in [0.15, 0.2) is 23.0 Å². The van der Waals surface area contributed by atoms with Crippen molar-refractivity contribution in [1.29, 1.82) is 0 Å². The highest BCUT2D eigenvalue weighted by Crippen LogP contribution is 2.41. The van der Waals surface area contributed by atoms with Crippen LogP contribution < -0.4 is 29.6 Å². The number of amides is 2. The number of hydrogen-bond acceptors (Lipinski definition) is 10. The summed E-state index contributed by atoms with van der Waals surface area (Å²) in [6, 6.07) is 6.38. The van der Waals surface area contributed by atoms with Crippen molar-refractivity contribution in [3.05, 3.63) is 59.7 Å². The van der Waals surface area contributed by atoms with Crippen LogP contribution in [0.25, 0.3) is 0 Å². The van der Waals surface area contributed by atoms with Crippen LogP contribution in [-0.2, 0) is 9.53 Å². The second-order valence-electron chi connectivity index (χ2n) is 12.2. The normalized spacial score (nSPS) is 23.0. The van der Waals surface area contributed by atoms with Crippen molar-refractivity contribution >= 4 is 29.5 Å². The predicted octanol–water partition coefficient (Wildman–Crippen LogP) is 4.26. The summed E-state index contributed by atoms with van der Waals surface area (Å²) in [5.74, 6) is 1.60. The van der Waals surface area contributed by atoms with Crippen LogP contribution in [0.3, 0.4) is 0 Å². The van der Waals surface area contributed by atoms with E-state index in [1.165, 1.54) is 7.11 Å². The predicted molar refractivity (Wildman–Crippen MR) is 176 cm³/mol. The molecular formula is C35H42N4O8. The van der Waals surface area contributed by atoms with Crippen LogP contribution in [0.4, 0.5) is 11.4 Å². The molecule has 4 aliphatic heterocycles. The molecule has 0 spiro atoms. The zero-order chi connectivity index (χ0) is 33.2. The van der Waals surface area contributed by atoms with E-state index in [9.17, 15) is 14.4 Å². The molecule has 250 valence electrons. The summed E-state index contributed by atoms with van der Waals surface area (Å²) in [7, 11) is 3.07. The van der Waals surface area contributed by atoms with E-state index in [4.69, 9.17) is 23.7 Å². The van der Waals surface area contributed by atoms with E-state index in [0.29, 0.717) is 97.7 Å². The number of aldehydes is 1. The van der Waals surface area contributed by atoms with E-state index in [1.807, 2.05) is 11.8 Å². The minimum Gasteiger partial charge on any atom is -0.493 e. The third-order valence-electron chi connectivity index (χ3n) is 9.13. The molecule has 2 N–H and O–H groups in total. The smallest absolute Gasteiger partial charge is 0.256 e. The van der Waals surface area contributed by atoms with Gasteiger partial charge in [0.05, 0.1) is 68.1 Å². The molecule has 4 atom stereocenters. The van der Waals surface area contributed by atoms with Gasteiger partial charge >= 0.3 is 0 Å². The maximum Gasteiger partial charge on any atom is 0.256 e. The number of hydrogen-bond donors (Lipinski definition) is 2. The number of carbonyl (C=O) groups excluding carboxylic acids is 3. The van der Waals surface area contributed by atoms with E-state index < -0.39 is 0 Å². The maximum absolute atomic E-state index is 13.5. The molecule has 12 heteroatoms. The van der Waals surface area contributed by atoms with E-state index in [2.05, 4.69) is 23.8 Å². The number of ether oxygens (including phenoxy) is 5. The van der Waals surface area contributed by atoms with Gasteiger partial charge in [-0.1, -0.05) is 24.3 Å². The van der Waals surface area contributed by atoms with E-state index in [1.54, 1.807) is 36.3 Å². The molecule has 2 saturated heterocycles. The van der Waals surface area contributed by atoms with Crippen LogP contribution in [0, 0.1) is 0 Å². The first-order chi connectivity index (χ1) is 22.8. The van der Waals surface area contributed by atoms with Gasteiger partial charge in [-0.05, 0) is 31.9 Å². The summed E-state index contributed by atoms with van der Waals surface area (Å²) in [6.07, 6.45) is 2.59. The number of benzene rings is 2. The lowest BCUT2D eigenvalue weighted by molar-refractivity contribution is -0.108. The van der Waals surface area contributed by atoms with Crippen LogP contribution in [0.5, 0.6) is 23.0 Å². The monoisotopic (exact) mass is 646 g/mol. The van der Waals surface area contributed by atoms with Gasteiger partial charge < -0.3 is 48.9 Å². The molecule has 47 heavy (non-hydrogen) atoms. The highest BCUT2D eigenvalue weighted by Gasteiger charge is 2.42. The van der Waals surface area contributed by atoms with Gasteiger partial charge in [0.25, 0.3) is 11.8 Å². The van der Waals surface area contributed by atoms with Gasteiger partial charge in [0.1, 0.15) is 12.5 Å². The van der Waals surface area contributed by atoms with Crippen molar-refractivity contribution < 1.29 is 38.1 Å². The summed E-state index contributed by atoms with van der Waals surface area (Å²) in [4.78, 5) is 42.1. The molecule has 2 amide bonds. The fraction of sp³-hybridized carbons (Fsp3) is 0.457. The lowest BCUT2D eigenvalue weighted by Gasteiger charge is -2.28. The summed E-state index contributed by atoms with van der Waals surface area (Å²) in [5, 5.41) is 6.83. The third kappa shape index (κ3) is 6.21. The van der Waals surface area contributed by atoms with Crippen LogP contribution in [0.1, 0.15) is 53.3 Å². The first kappa shape index (κ1) is 32.2. The molecule has 2 aromatic carbocycles. The number of rotatable bonds is 12. The largest absolute Gasteiger partial charge is 0.493 e. The first-order valence-electron chi connectivity index (χ1n) is 16.0. The molecule has 4 heterocycles. The van der Waals surface area contributed by atoms with Gasteiger partial charge in [-0.2, -0.15) is 0 Å². The fourth-order valence-electron chi connectivity index (χ4n) is 6.92. The van der Waals surface area contributed by atoms with Crippen molar-refractivity contribution in [2.75, 3.05) is 57.8 Å². The highest BCUT2D eigenvalue weighted by atomic mass is 16.5. The highest BCUT2D eigenvalue weighted by molar-refractivity contribution is 6.03. The minimum absolute atomic E-state index is 0.106. The number of methoxy groups -OCH3 is 2. The zero-order valence-corrected chi connectivity index (χ0v) is 27.1. The van der Waals surface area contributed by atoms with Gasteiger partial charge in [-0.15, -0.1) is 0 Å². The summed E-state index contributed by atoms with van der Waals surface area (Å²) >= 11 is 0. The van der Waals surface area contributed by atoms with Crippen LogP contribution in [0.2, 0.25) is 0 Å². The van der Waals surface area contributed by atoms with Crippen LogP contribution in [0.15, 0.2) is 48.6 Å². The Hall–Kier alpha value is -4.71. The van der Waals surface area contributed by atoms with Crippen molar-refractivity contribution in [3.63, 3.8) is 0 Å². The molecule has 0 aliphatic carbocycles. The first-order valence-corrected chi connectivity index (χ1v) is 16.0. The third-order valence-corrected chi connectivity index (χ3v) is 9.13. The Morgan fingerprint density at radius 1 is 0.809 bits per heavy atom. The quantitative estimate of drug-likeness (QED) is 0.196. The molecule has 0 saturated carbocycles. The maximum atomic E-state index is 13.5. The minimum atomic E-state index is -0.384. The molecule has 0 aromatic heterocycles. The topological polar surface area (TPSA) is 128 Å². The average Bonchev–Trinajstić information content (AvgIpc) is 3.60. The molecule has 12 nitrogen and oxygen atoms in total. The molecule has 4 unspecified atom stereocenters. The zero-order valence-electron chi connectivity index (χ0n) is 27.1. The molecule has 0 bridgehead atoms. The Balaban J connectivity index is 1.14. The standard InChI is InChI=1S/C35H42N4O8/c1-6-45-33-28-13-21(3)19-39(28)35(42)23-15-30(44-5)32(17-26(23)37-33)47-11-7-10-46-31-16-25-22(14-29(31)43-4)34(41)38-18-20(2)12-27(38)24(36-25)8-9-40/h9,14-17,24,27-28,33,36-37H,2-3,6-8,10-13,18-19H2,1,4-5H3. The second kappa shape index (κ2) is 13.6. The SMILES string of the molecule is C=C1CC2C(CC=O)Nc3cc(OCCCOc4cc5c(cc4OC)C(=O)N4CC(=C)CC4C(OCC)N5)c(OC)cc3C(=O)N2C1. The summed E-state index contributed by atoms with van der Waals surface area (Å²) in [6.45, 7) is 12.1. The van der Waals surface area contributed by atoms with E-state index in [0.717, 1.165) is 17.4 Å². The Kier molecular flexibility index (Phi) is 9.31. The molecular weight excluding hydrogens is 604 g/mol. The van der Waals surface area contributed by atoms with Crippen LogP contribution >= 0.6 is 0 Å². The lowest BCUT2D eigenvalue weighted by atomic mass is 10.0. The van der Waals surface area contributed by atoms with E-state index >= 15 is 0 Å². The van der Waals surface area contributed by atoms with Crippen molar-refractivity contribution in [1.82, 2.24) is 9.80 Å². The van der Waals surface area contributed by atoms with E-state index in [-0.39, 0.29) is 42.6 Å². The van der Waals surface area contributed by atoms with Crippen molar-refractivity contribution in [2.45, 2.75) is 57.0 Å². The average molecular weight is 647 g/mol. The molecule has 2 aromatic rings. The fourth-order valence-corrected chi connectivity index (χ4v) is 6.92. The van der Waals surface area contributed by atoms with Gasteiger partial charge in [0.2, 0.25) is 0 Å². The van der Waals surface area contributed by atoms with Gasteiger partial charge in [-0.3, -0.25) is 9.59 Å². The number of carbonyl (C=O) groups is 3. The molecule has 6 rings (SSSR count). The Morgan fingerprint density at radius 2 is 1.34 bits per heavy atom.